The van der Waals surface area contributed by atoms with E-state index in [-0.39, 0.29) is 19.1 Å². The number of hydrogen-bond acceptors (Lipinski definition) is 5. The van der Waals surface area contributed by atoms with Crippen LogP contribution in [0.4, 0.5) is 13.2 Å². The first-order valence-corrected chi connectivity index (χ1v) is 10.4. The van der Waals surface area contributed by atoms with E-state index in [9.17, 15) is 18.0 Å². The molecule has 166 valence electrons. The van der Waals surface area contributed by atoms with Crippen molar-refractivity contribution in [3.8, 4) is 11.3 Å². The molecule has 10 heteroatoms. The number of benzene rings is 1. The van der Waals surface area contributed by atoms with Crippen molar-refractivity contribution in [1.82, 2.24) is 25.1 Å². The molecule has 7 nitrogen and oxygen atoms in total. The van der Waals surface area contributed by atoms with Gasteiger partial charge in [0.25, 0.3) is 5.91 Å². The van der Waals surface area contributed by atoms with Gasteiger partial charge in [0.15, 0.2) is 5.69 Å². The van der Waals surface area contributed by atoms with Crippen molar-refractivity contribution in [2.75, 3.05) is 19.7 Å². The molecule has 1 aliphatic carbocycles. The predicted molar refractivity (Wildman–Crippen MR) is 108 cm³/mol. The summed E-state index contributed by atoms with van der Waals surface area (Å²) in [7, 11) is 0. The summed E-state index contributed by atoms with van der Waals surface area (Å²) >= 11 is 0. The van der Waals surface area contributed by atoms with E-state index in [4.69, 9.17) is 4.74 Å². The second kappa shape index (κ2) is 8.01. The number of aromatic nitrogens is 4. The fraction of sp³-hybridized carbons (Fsp3) is 0.364. The molecule has 1 saturated heterocycles. The van der Waals surface area contributed by atoms with Crippen LogP contribution in [0.2, 0.25) is 0 Å². The number of alkyl halides is 3. The molecule has 0 bridgehead atoms. The number of carbonyl (C=O) groups is 1. The molecule has 1 amide bonds. The molecule has 2 aromatic heterocycles. The molecule has 2 aliphatic rings. The van der Waals surface area contributed by atoms with Gasteiger partial charge < -0.3 is 9.64 Å². The van der Waals surface area contributed by atoms with Gasteiger partial charge in [-0.3, -0.25) is 19.9 Å². The Balaban J connectivity index is 1.43. The molecule has 1 N–H and O–H groups in total. The van der Waals surface area contributed by atoms with E-state index in [1.54, 1.807) is 11.0 Å². The summed E-state index contributed by atoms with van der Waals surface area (Å²) in [6.45, 7) is 0.892. The molecule has 0 unspecified atom stereocenters. The van der Waals surface area contributed by atoms with Crippen LogP contribution in [-0.4, -0.2) is 50.7 Å². The summed E-state index contributed by atoms with van der Waals surface area (Å²) in [6, 6.07) is 4.96. The van der Waals surface area contributed by atoms with Gasteiger partial charge in [-0.05, 0) is 31.4 Å². The van der Waals surface area contributed by atoms with Gasteiger partial charge in [0.2, 0.25) is 0 Å². The number of nitrogens with zero attached hydrogens (tertiary/aromatic N) is 4. The van der Waals surface area contributed by atoms with Gasteiger partial charge in [-0.1, -0.05) is 12.1 Å². The lowest BCUT2D eigenvalue weighted by Crippen LogP contribution is -2.43. The van der Waals surface area contributed by atoms with Gasteiger partial charge >= 0.3 is 6.18 Å². The number of rotatable bonds is 3. The maximum absolute atomic E-state index is 13.2. The van der Waals surface area contributed by atoms with Crippen LogP contribution >= 0.6 is 0 Å². The number of ether oxygens (including phenoxy) is 1. The molecule has 1 fully saturated rings. The number of H-pyrrole nitrogens is 1. The fourth-order valence-electron chi connectivity index (χ4n) is 4.29. The highest BCUT2D eigenvalue weighted by Crippen LogP contribution is 2.34. The van der Waals surface area contributed by atoms with Gasteiger partial charge in [-0.15, -0.1) is 0 Å². The molecule has 0 radical (unpaired) electrons. The van der Waals surface area contributed by atoms with Crippen molar-refractivity contribution < 1.29 is 22.7 Å². The Labute approximate surface area is 181 Å². The smallest absolute Gasteiger partial charge is 0.368 e. The Morgan fingerprint density at radius 3 is 2.88 bits per heavy atom. The van der Waals surface area contributed by atoms with E-state index in [0.717, 1.165) is 42.7 Å². The van der Waals surface area contributed by atoms with E-state index in [2.05, 4.69) is 20.2 Å². The third-order valence-electron chi connectivity index (χ3n) is 5.86. The first kappa shape index (κ1) is 20.6. The summed E-state index contributed by atoms with van der Waals surface area (Å²) in [4.78, 5) is 23.4. The molecule has 1 atom stereocenters. The lowest BCUT2D eigenvalue weighted by Gasteiger charge is -2.33. The van der Waals surface area contributed by atoms with Crippen molar-refractivity contribution in [1.29, 1.82) is 0 Å². The number of aromatic amines is 1. The quantitative estimate of drug-likeness (QED) is 0.669. The van der Waals surface area contributed by atoms with Crippen molar-refractivity contribution in [2.45, 2.75) is 31.5 Å². The molecular weight excluding hydrogens is 423 g/mol. The summed E-state index contributed by atoms with van der Waals surface area (Å²) in [5.74, 6) is -0.179. The molecule has 0 saturated carbocycles. The topological polar surface area (TPSA) is 84.0 Å². The number of carbonyl (C=O) groups excluding carboxylic acids is 1. The van der Waals surface area contributed by atoms with Crippen LogP contribution in [0.1, 0.15) is 45.5 Å². The Hall–Kier alpha value is -3.27. The molecule has 32 heavy (non-hydrogen) atoms. The Bertz CT molecular complexity index is 1160. The van der Waals surface area contributed by atoms with Crippen LogP contribution < -0.4 is 0 Å². The number of fused-ring (bicyclic) bond motifs is 1. The number of morpholine rings is 1. The van der Waals surface area contributed by atoms with Crippen LogP contribution in [0.25, 0.3) is 11.3 Å². The number of halogens is 3. The van der Waals surface area contributed by atoms with E-state index in [0.29, 0.717) is 29.2 Å². The zero-order chi connectivity index (χ0) is 22.3. The zero-order valence-corrected chi connectivity index (χ0v) is 17.0. The number of nitrogens with one attached hydrogen (secondary N) is 1. The van der Waals surface area contributed by atoms with E-state index in [1.807, 2.05) is 0 Å². The van der Waals surface area contributed by atoms with Gasteiger partial charge in [0.1, 0.15) is 6.10 Å². The van der Waals surface area contributed by atoms with Gasteiger partial charge in [-0.2, -0.15) is 18.3 Å². The second-order valence-corrected chi connectivity index (χ2v) is 7.86. The summed E-state index contributed by atoms with van der Waals surface area (Å²) < 4.78 is 45.5. The van der Waals surface area contributed by atoms with E-state index in [1.165, 1.54) is 18.5 Å². The third-order valence-corrected chi connectivity index (χ3v) is 5.86. The maximum Gasteiger partial charge on any atom is 0.416 e. The van der Waals surface area contributed by atoms with Gasteiger partial charge in [0.05, 0.1) is 30.1 Å². The molecule has 5 rings (SSSR count). The van der Waals surface area contributed by atoms with Crippen molar-refractivity contribution in [3.63, 3.8) is 0 Å². The normalized spacial score (nSPS) is 18.6. The molecule has 1 aromatic carbocycles. The Morgan fingerprint density at radius 1 is 1.19 bits per heavy atom. The summed E-state index contributed by atoms with van der Waals surface area (Å²) in [6.07, 6.45) is 0.529. The first-order valence-electron chi connectivity index (χ1n) is 10.4. The van der Waals surface area contributed by atoms with Gasteiger partial charge in [-0.25, -0.2) is 0 Å². The highest BCUT2D eigenvalue weighted by molar-refractivity contribution is 5.94. The number of aryl methyl sites for hydroxylation is 1. The largest absolute Gasteiger partial charge is 0.416 e. The van der Waals surface area contributed by atoms with Crippen molar-refractivity contribution in [3.05, 3.63) is 64.9 Å². The number of amides is 1. The summed E-state index contributed by atoms with van der Waals surface area (Å²) in [5.41, 5.74) is 2.66. The predicted octanol–water partition coefficient (Wildman–Crippen LogP) is 3.59. The zero-order valence-electron chi connectivity index (χ0n) is 17.0. The third kappa shape index (κ3) is 3.75. The van der Waals surface area contributed by atoms with Crippen LogP contribution in [0.15, 0.2) is 36.7 Å². The highest BCUT2D eigenvalue weighted by Gasteiger charge is 2.34. The molecule has 3 aromatic rings. The molecule has 3 heterocycles. The Kier molecular flexibility index (Phi) is 5.16. The molecular formula is C22H20F3N5O2. The van der Waals surface area contributed by atoms with Crippen molar-refractivity contribution >= 4 is 5.91 Å². The minimum absolute atomic E-state index is 0.179. The Morgan fingerprint density at radius 2 is 2.03 bits per heavy atom. The molecule has 0 spiro atoms. The van der Waals surface area contributed by atoms with Gasteiger partial charge in [0, 0.05) is 35.8 Å². The fourth-order valence-corrected chi connectivity index (χ4v) is 4.29. The van der Waals surface area contributed by atoms with Crippen LogP contribution in [-0.2, 0) is 23.8 Å². The average Bonchev–Trinajstić information content (AvgIpc) is 3.42. The standard InChI is InChI=1S/C22H20F3N5O2/c23-22(24,25)14-4-1-3-13(11-14)18-20(27-8-7-26-18)17-12-30(9-10-32-17)21(31)19-15-5-2-6-16(15)28-29-19/h1,3-4,7-8,11,17H,2,5-6,9-10,12H2,(H,28,29)/t17-/m0/s1. The minimum atomic E-state index is -4.47. The monoisotopic (exact) mass is 443 g/mol. The average molecular weight is 443 g/mol. The van der Waals surface area contributed by atoms with Crippen LogP contribution in [0, 0.1) is 0 Å². The second-order valence-electron chi connectivity index (χ2n) is 7.86. The summed E-state index contributed by atoms with van der Waals surface area (Å²) in [5, 5.41) is 7.17. The SMILES string of the molecule is O=C(c1n[nH]c2c1CCC2)N1CCO[C@H](c2nccnc2-c2cccc(C(F)(F)F)c2)C1. The van der Waals surface area contributed by atoms with Crippen molar-refractivity contribution in [2.24, 2.45) is 0 Å². The lowest BCUT2D eigenvalue weighted by atomic mass is 10.0. The molecule has 1 aliphatic heterocycles. The maximum atomic E-state index is 13.2. The van der Waals surface area contributed by atoms with E-state index < -0.39 is 17.8 Å². The number of hydrogen-bond donors (Lipinski definition) is 1. The minimum Gasteiger partial charge on any atom is -0.368 e. The van der Waals surface area contributed by atoms with Crippen LogP contribution in [0.3, 0.4) is 0 Å². The van der Waals surface area contributed by atoms with E-state index >= 15 is 0 Å². The lowest BCUT2D eigenvalue weighted by molar-refractivity contribution is -0.137. The first-order chi connectivity index (χ1) is 15.4. The van der Waals surface area contributed by atoms with Crippen LogP contribution in [0.5, 0.6) is 0 Å². The highest BCUT2D eigenvalue weighted by atomic mass is 19.4.